The Morgan fingerprint density at radius 2 is 2.02 bits per heavy atom. The number of likely N-dealkylation sites (tertiary alicyclic amines) is 1. The maximum atomic E-state index is 13.7. The van der Waals surface area contributed by atoms with Gasteiger partial charge >= 0.3 is 0 Å². The number of methoxy groups -OCH3 is 1. The maximum absolute atomic E-state index is 13.7. The van der Waals surface area contributed by atoms with Crippen LogP contribution in [0.15, 0.2) is 30.6 Å². The molecule has 0 saturated carbocycles. The van der Waals surface area contributed by atoms with Crippen molar-refractivity contribution in [1.82, 2.24) is 34.5 Å². The molecule has 0 unspecified atom stereocenters. The summed E-state index contributed by atoms with van der Waals surface area (Å²) in [5.41, 5.74) is 2.90. The summed E-state index contributed by atoms with van der Waals surface area (Å²) >= 11 is 6.20. The second-order valence-electron chi connectivity index (χ2n) is 11.7. The van der Waals surface area contributed by atoms with Crippen molar-refractivity contribution in [3.05, 3.63) is 41.2 Å². The summed E-state index contributed by atoms with van der Waals surface area (Å²) in [7, 11) is 1.96. The number of hydrogen-bond donors (Lipinski definition) is 1. The molecule has 2 amide bonds. The molecule has 3 aromatic heterocycles. The number of carbonyl (C=O) groups is 2. The summed E-state index contributed by atoms with van der Waals surface area (Å²) in [5, 5.41) is 8.82. The summed E-state index contributed by atoms with van der Waals surface area (Å²) in [6.45, 7) is 7.53. The third kappa shape index (κ3) is 6.33. The van der Waals surface area contributed by atoms with E-state index < -0.39 is 32.1 Å². The number of carbonyl (C=O) groups excluding carboxylic acids is 2. The van der Waals surface area contributed by atoms with Crippen LogP contribution in [0.3, 0.4) is 0 Å². The summed E-state index contributed by atoms with van der Waals surface area (Å²) < 4.78 is 28.0. The molecule has 5 rings (SSSR count). The molecular formula is C28H35ClFN7O4Si. The number of amides is 2. The van der Waals surface area contributed by atoms with Gasteiger partial charge in [-0.2, -0.15) is 5.10 Å². The summed E-state index contributed by atoms with van der Waals surface area (Å²) in [6.07, 6.45) is 2.19. The first kappa shape index (κ1) is 30.1. The number of halogens is 2. The van der Waals surface area contributed by atoms with E-state index in [9.17, 15) is 14.0 Å². The Labute approximate surface area is 248 Å². The Hall–Kier alpha value is -3.39. The second-order valence-corrected chi connectivity index (χ2v) is 17.8. The minimum absolute atomic E-state index is 0.00106. The lowest BCUT2D eigenvalue weighted by molar-refractivity contribution is -0.141. The fourth-order valence-corrected chi connectivity index (χ4v) is 5.72. The van der Waals surface area contributed by atoms with Crippen LogP contribution in [-0.4, -0.2) is 94.7 Å². The Bertz CT molecular complexity index is 1630. The molecule has 1 fully saturated rings. The van der Waals surface area contributed by atoms with Crippen molar-refractivity contribution in [3.63, 3.8) is 0 Å². The molecule has 4 aromatic rings. The van der Waals surface area contributed by atoms with Crippen LogP contribution in [-0.2, 0) is 28.0 Å². The van der Waals surface area contributed by atoms with Crippen LogP contribution in [0.25, 0.3) is 33.5 Å². The van der Waals surface area contributed by atoms with Crippen molar-refractivity contribution < 1.29 is 23.5 Å². The standard InChI is InChI=1S/C28H35ClFN7O4Si/c1-35-23-10-17(29)6-7-19(23)24(34-35)21-11-31-26-25(32-21)20(14-37(26)16-41-8-9-42(3,4)5)27(38)33-22(15-40-2)28(39)36-12-18(30)13-36/h6-7,10-11,14,18,22H,8-9,12-13,15-16H2,1-5H3,(H,33,38)/t22-/m1/s1. The van der Waals surface area contributed by atoms with Gasteiger partial charge in [-0.05, 0) is 24.2 Å². The SMILES string of the molecule is COC[C@@H](NC(=O)c1cn(COCC[Si](C)(C)C)c2ncc(-c3nn(C)c4cc(Cl)ccc34)nc12)C(=O)N1CC(F)C1. The van der Waals surface area contributed by atoms with Crippen molar-refractivity contribution in [3.8, 4) is 11.4 Å². The van der Waals surface area contributed by atoms with E-state index in [-0.39, 0.29) is 32.0 Å². The Kier molecular flexibility index (Phi) is 8.65. The van der Waals surface area contributed by atoms with Gasteiger partial charge in [0.1, 0.15) is 35.8 Å². The van der Waals surface area contributed by atoms with E-state index in [4.69, 9.17) is 26.1 Å². The fourth-order valence-electron chi connectivity index (χ4n) is 4.79. The van der Waals surface area contributed by atoms with Gasteiger partial charge in [0.2, 0.25) is 5.91 Å². The number of fused-ring (bicyclic) bond motifs is 2. The summed E-state index contributed by atoms with van der Waals surface area (Å²) in [4.78, 5) is 37.5. The molecule has 1 aliphatic rings. The van der Waals surface area contributed by atoms with Crippen LogP contribution in [0, 0.1) is 0 Å². The van der Waals surface area contributed by atoms with Crippen molar-refractivity contribution in [1.29, 1.82) is 0 Å². The average Bonchev–Trinajstić information content (AvgIpc) is 3.45. The lowest BCUT2D eigenvalue weighted by Gasteiger charge is -2.36. The maximum Gasteiger partial charge on any atom is 0.255 e. The third-order valence-electron chi connectivity index (χ3n) is 7.18. The monoisotopic (exact) mass is 615 g/mol. The molecule has 4 heterocycles. The molecular weight excluding hydrogens is 581 g/mol. The number of aromatic nitrogens is 5. The highest BCUT2D eigenvalue weighted by Gasteiger charge is 2.35. The predicted molar refractivity (Wildman–Crippen MR) is 161 cm³/mol. The first-order valence-corrected chi connectivity index (χ1v) is 17.8. The molecule has 1 aliphatic heterocycles. The summed E-state index contributed by atoms with van der Waals surface area (Å²) in [5.74, 6) is -0.930. The number of ether oxygens (including phenoxy) is 2. The van der Waals surface area contributed by atoms with Gasteiger partial charge in [0, 0.05) is 45.4 Å². The first-order valence-electron chi connectivity index (χ1n) is 13.7. The molecule has 1 N–H and O–H groups in total. The van der Waals surface area contributed by atoms with E-state index in [1.807, 2.05) is 19.2 Å². The van der Waals surface area contributed by atoms with Crippen molar-refractivity contribution in [2.45, 2.75) is 44.6 Å². The fraction of sp³-hybridized carbons (Fsp3) is 0.464. The number of hydrogen-bond acceptors (Lipinski definition) is 7. The molecule has 14 heteroatoms. The highest BCUT2D eigenvalue weighted by molar-refractivity contribution is 6.76. The van der Waals surface area contributed by atoms with E-state index in [0.717, 1.165) is 16.9 Å². The van der Waals surface area contributed by atoms with E-state index >= 15 is 0 Å². The highest BCUT2D eigenvalue weighted by atomic mass is 35.5. The van der Waals surface area contributed by atoms with Gasteiger partial charge < -0.3 is 24.3 Å². The van der Waals surface area contributed by atoms with Crippen molar-refractivity contribution >= 4 is 53.6 Å². The molecule has 1 saturated heterocycles. The predicted octanol–water partition coefficient (Wildman–Crippen LogP) is 3.88. The van der Waals surface area contributed by atoms with Crippen LogP contribution in [0.5, 0.6) is 0 Å². The molecule has 224 valence electrons. The van der Waals surface area contributed by atoms with Crippen molar-refractivity contribution in [2.24, 2.45) is 7.05 Å². The molecule has 0 spiro atoms. The van der Waals surface area contributed by atoms with Crippen LogP contribution in [0.1, 0.15) is 10.4 Å². The van der Waals surface area contributed by atoms with Crippen LogP contribution < -0.4 is 5.32 Å². The Morgan fingerprint density at radius 3 is 2.71 bits per heavy atom. The minimum Gasteiger partial charge on any atom is -0.382 e. The number of alkyl halides is 1. The molecule has 42 heavy (non-hydrogen) atoms. The second kappa shape index (κ2) is 12.1. The van der Waals surface area contributed by atoms with Gasteiger partial charge in [-0.25, -0.2) is 14.4 Å². The van der Waals surface area contributed by atoms with Crippen LogP contribution in [0.4, 0.5) is 4.39 Å². The Morgan fingerprint density at radius 1 is 1.26 bits per heavy atom. The number of aryl methyl sites for hydroxylation is 1. The molecule has 0 radical (unpaired) electrons. The quantitative estimate of drug-likeness (QED) is 0.201. The lowest BCUT2D eigenvalue weighted by atomic mass is 10.1. The van der Waals surface area contributed by atoms with Gasteiger partial charge in [-0.3, -0.25) is 14.3 Å². The molecule has 11 nitrogen and oxygen atoms in total. The normalized spacial score (nSPS) is 14.9. The zero-order valence-corrected chi connectivity index (χ0v) is 26.1. The minimum atomic E-state index is -1.29. The third-order valence-corrected chi connectivity index (χ3v) is 9.12. The Balaban J connectivity index is 1.50. The van der Waals surface area contributed by atoms with Gasteiger partial charge in [0.25, 0.3) is 5.91 Å². The van der Waals surface area contributed by atoms with E-state index in [2.05, 4.69) is 35.0 Å². The number of nitrogens with one attached hydrogen (secondary N) is 1. The van der Waals surface area contributed by atoms with Crippen LogP contribution >= 0.6 is 11.6 Å². The zero-order valence-electron chi connectivity index (χ0n) is 24.4. The van der Waals surface area contributed by atoms with Gasteiger partial charge in [-0.15, -0.1) is 0 Å². The smallest absolute Gasteiger partial charge is 0.255 e. The highest BCUT2D eigenvalue weighted by Crippen LogP contribution is 2.30. The summed E-state index contributed by atoms with van der Waals surface area (Å²) in [6, 6.07) is 5.48. The first-order chi connectivity index (χ1) is 19.9. The molecule has 1 atom stereocenters. The molecule has 0 bridgehead atoms. The zero-order chi connectivity index (χ0) is 30.2. The number of rotatable bonds is 11. The van der Waals surface area contributed by atoms with E-state index in [0.29, 0.717) is 34.2 Å². The van der Waals surface area contributed by atoms with Gasteiger partial charge in [-0.1, -0.05) is 31.2 Å². The topological polar surface area (TPSA) is 116 Å². The van der Waals surface area contributed by atoms with Gasteiger partial charge in [0.05, 0.1) is 37.0 Å². The molecule has 1 aromatic carbocycles. The largest absolute Gasteiger partial charge is 0.382 e. The number of benzene rings is 1. The van der Waals surface area contributed by atoms with E-state index in [1.165, 1.54) is 12.0 Å². The van der Waals surface area contributed by atoms with Crippen molar-refractivity contribution in [2.75, 3.05) is 33.4 Å². The average molecular weight is 616 g/mol. The lowest BCUT2D eigenvalue weighted by Crippen LogP contribution is -2.59. The molecule has 0 aliphatic carbocycles. The van der Waals surface area contributed by atoms with Gasteiger partial charge in [0.15, 0.2) is 5.65 Å². The van der Waals surface area contributed by atoms with Crippen LogP contribution in [0.2, 0.25) is 30.7 Å². The number of nitrogens with zero attached hydrogens (tertiary/aromatic N) is 6. The van der Waals surface area contributed by atoms with E-state index in [1.54, 1.807) is 27.7 Å².